The van der Waals surface area contributed by atoms with E-state index in [9.17, 15) is 18.5 Å². The van der Waals surface area contributed by atoms with Gasteiger partial charge in [-0.15, -0.1) is 0 Å². The SMILES string of the molecule is Cc1c(Cl)cnn1CCCNS(=O)(=O)c1ccc([N+](=O)[O-])cc1. The fourth-order valence-corrected chi connectivity index (χ4v) is 3.13. The third-order valence-corrected chi connectivity index (χ3v) is 5.09. The molecule has 0 spiro atoms. The third kappa shape index (κ3) is 4.27. The fraction of sp³-hybridized carbons (Fsp3) is 0.308. The average molecular weight is 359 g/mol. The van der Waals surface area contributed by atoms with Crippen LogP contribution in [-0.2, 0) is 16.6 Å². The van der Waals surface area contributed by atoms with Gasteiger partial charge in [-0.3, -0.25) is 14.8 Å². The Morgan fingerprint density at radius 2 is 2.00 bits per heavy atom. The number of nitro benzene ring substituents is 1. The van der Waals surface area contributed by atoms with E-state index in [2.05, 4.69) is 9.82 Å². The Balaban J connectivity index is 1.91. The summed E-state index contributed by atoms with van der Waals surface area (Å²) in [5, 5.41) is 15.2. The minimum atomic E-state index is -3.69. The Hall–Kier alpha value is -1.97. The Morgan fingerprint density at radius 3 is 2.52 bits per heavy atom. The van der Waals surface area contributed by atoms with Crippen molar-refractivity contribution in [1.29, 1.82) is 0 Å². The van der Waals surface area contributed by atoms with Crippen LogP contribution in [0.1, 0.15) is 12.1 Å². The normalized spacial score (nSPS) is 11.6. The third-order valence-electron chi connectivity index (χ3n) is 3.24. The lowest BCUT2D eigenvalue weighted by Crippen LogP contribution is -2.25. The number of nitrogens with zero attached hydrogens (tertiary/aromatic N) is 3. The first-order valence-corrected chi connectivity index (χ1v) is 8.59. The van der Waals surface area contributed by atoms with Crippen molar-refractivity contribution >= 4 is 27.3 Å². The van der Waals surface area contributed by atoms with Gasteiger partial charge >= 0.3 is 0 Å². The van der Waals surface area contributed by atoms with Crippen molar-refractivity contribution in [3.8, 4) is 0 Å². The molecule has 0 amide bonds. The molecule has 1 heterocycles. The molecule has 8 nitrogen and oxygen atoms in total. The molecule has 23 heavy (non-hydrogen) atoms. The van der Waals surface area contributed by atoms with Gasteiger partial charge in [0.15, 0.2) is 0 Å². The molecule has 10 heteroatoms. The number of aryl methyl sites for hydroxylation is 1. The first-order valence-electron chi connectivity index (χ1n) is 6.73. The van der Waals surface area contributed by atoms with Gasteiger partial charge in [-0.05, 0) is 25.5 Å². The highest BCUT2D eigenvalue weighted by Gasteiger charge is 2.15. The number of sulfonamides is 1. The van der Waals surface area contributed by atoms with E-state index >= 15 is 0 Å². The Kier molecular flexibility index (Phi) is 5.34. The summed E-state index contributed by atoms with van der Waals surface area (Å²) in [5.74, 6) is 0. The van der Waals surface area contributed by atoms with Gasteiger partial charge < -0.3 is 0 Å². The Labute approximate surface area is 138 Å². The highest BCUT2D eigenvalue weighted by molar-refractivity contribution is 7.89. The highest BCUT2D eigenvalue weighted by Crippen LogP contribution is 2.16. The second-order valence-corrected chi connectivity index (χ2v) is 6.98. The molecule has 1 aromatic carbocycles. The van der Waals surface area contributed by atoms with Crippen LogP contribution in [0.15, 0.2) is 35.4 Å². The van der Waals surface area contributed by atoms with Gasteiger partial charge in [0.1, 0.15) is 0 Å². The van der Waals surface area contributed by atoms with Crippen LogP contribution in [0.2, 0.25) is 5.02 Å². The topological polar surface area (TPSA) is 107 Å². The Morgan fingerprint density at radius 1 is 1.35 bits per heavy atom. The van der Waals surface area contributed by atoms with Crippen molar-refractivity contribution in [3.05, 3.63) is 51.3 Å². The monoisotopic (exact) mass is 358 g/mol. The number of nitro groups is 1. The molecule has 1 N–H and O–H groups in total. The molecule has 2 rings (SSSR count). The van der Waals surface area contributed by atoms with Crippen LogP contribution in [0.25, 0.3) is 0 Å². The van der Waals surface area contributed by atoms with Crippen molar-refractivity contribution in [2.24, 2.45) is 0 Å². The second-order valence-electron chi connectivity index (χ2n) is 4.80. The summed E-state index contributed by atoms with van der Waals surface area (Å²) in [5.41, 5.74) is 0.667. The summed E-state index contributed by atoms with van der Waals surface area (Å²) in [6.45, 7) is 2.58. The number of hydrogen-bond acceptors (Lipinski definition) is 5. The van der Waals surface area contributed by atoms with E-state index in [-0.39, 0.29) is 17.1 Å². The smallest absolute Gasteiger partial charge is 0.268 e. The maximum absolute atomic E-state index is 12.1. The van der Waals surface area contributed by atoms with Crippen LogP contribution in [0, 0.1) is 17.0 Å². The van der Waals surface area contributed by atoms with Crippen molar-refractivity contribution in [2.45, 2.75) is 24.8 Å². The molecule has 0 bridgehead atoms. The van der Waals surface area contributed by atoms with E-state index in [0.29, 0.717) is 18.0 Å². The minimum Gasteiger partial charge on any atom is -0.268 e. The van der Waals surface area contributed by atoms with E-state index in [1.54, 1.807) is 4.68 Å². The van der Waals surface area contributed by atoms with E-state index in [1.807, 2.05) is 6.92 Å². The van der Waals surface area contributed by atoms with Gasteiger partial charge in [0, 0.05) is 25.2 Å². The lowest BCUT2D eigenvalue weighted by atomic mass is 10.3. The zero-order valence-corrected chi connectivity index (χ0v) is 13.8. The molecular weight excluding hydrogens is 344 g/mol. The van der Waals surface area contributed by atoms with Gasteiger partial charge in [0.25, 0.3) is 5.69 Å². The van der Waals surface area contributed by atoms with Gasteiger partial charge in [-0.1, -0.05) is 11.6 Å². The number of aromatic nitrogens is 2. The molecule has 0 atom stereocenters. The van der Waals surface area contributed by atoms with Crippen LogP contribution in [0.3, 0.4) is 0 Å². The van der Waals surface area contributed by atoms with Crippen molar-refractivity contribution in [2.75, 3.05) is 6.54 Å². The van der Waals surface area contributed by atoms with E-state index < -0.39 is 14.9 Å². The molecule has 0 fully saturated rings. The van der Waals surface area contributed by atoms with E-state index in [4.69, 9.17) is 11.6 Å². The molecule has 0 aliphatic rings. The second kappa shape index (κ2) is 7.07. The highest BCUT2D eigenvalue weighted by atomic mass is 35.5. The number of halogens is 1. The molecule has 0 saturated heterocycles. The fourth-order valence-electron chi connectivity index (χ4n) is 1.91. The summed E-state index contributed by atoms with van der Waals surface area (Å²) < 4.78 is 28.3. The molecule has 2 aromatic rings. The lowest BCUT2D eigenvalue weighted by Gasteiger charge is -2.07. The van der Waals surface area contributed by atoms with Crippen LogP contribution < -0.4 is 4.72 Å². The summed E-state index contributed by atoms with van der Waals surface area (Å²) in [6, 6.07) is 4.73. The number of benzene rings is 1. The largest absolute Gasteiger partial charge is 0.269 e. The average Bonchev–Trinajstić information content (AvgIpc) is 2.83. The van der Waals surface area contributed by atoms with Crippen molar-refractivity contribution in [3.63, 3.8) is 0 Å². The molecule has 0 aliphatic carbocycles. The first kappa shape index (κ1) is 17.4. The summed E-state index contributed by atoms with van der Waals surface area (Å²) in [7, 11) is -3.69. The zero-order chi connectivity index (χ0) is 17.0. The number of rotatable bonds is 7. The summed E-state index contributed by atoms with van der Waals surface area (Å²) in [6.07, 6.45) is 2.07. The molecular formula is C13H15ClN4O4S. The predicted octanol–water partition coefficient (Wildman–Crippen LogP) is 2.12. The molecule has 0 radical (unpaired) electrons. The molecule has 1 aromatic heterocycles. The van der Waals surface area contributed by atoms with Gasteiger partial charge in [-0.25, -0.2) is 13.1 Å². The van der Waals surface area contributed by atoms with Crippen LogP contribution in [0.4, 0.5) is 5.69 Å². The van der Waals surface area contributed by atoms with Crippen LogP contribution >= 0.6 is 11.6 Å². The van der Waals surface area contributed by atoms with Gasteiger partial charge in [0.05, 0.1) is 26.7 Å². The van der Waals surface area contributed by atoms with E-state index in [0.717, 1.165) is 17.8 Å². The Bertz CT molecular complexity index is 802. The van der Waals surface area contributed by atoms with Crippen LogP contribution in [-0.4, -0.2) is 29.7 Å². The number of hydrogen-bond donors (Lipinski definition) is 1. The summed E-state index contributed by atoms with van der Waals surface area (Å²) >= 11 is 5.89. The molecule has 0 aliphatic heterocycles. The quantitative estimate of drug-likeness (QED) is 0.463. The minimum absolute atomic E-state index is 0.0126. The van der Waals surface area contributed by atoms with Crippen LogP contribution in [0.5, 0.6) is 0 Å². The van der Waals surface area contributed by atoms with Crippen molar-refractivity contribution in [1.82, 2.24) is 14.5 Å². The maximum atomic E-state index is 12.1. The summed E-state index contributed by atoms with van der Waals surface area (Å²) in [4.78, 5) is 9.97. The number of non-ortho nitro benzene ring substituents is 1. The number of nitrogens with one attached hydrogen (secondary N) is 1. The van der Waals surface area contributed by atoms with Gasteiger partial charge in [-0.2, -0.15) is 5.10 Å². The molecule has 124 valence electrons. The first-order chi connectivity index (χ1) is 10.8. The molecule has 0 unspecified atom stereocenters. The zero-order valence-electron chi connectivity index (χ0n) is 12.3. The van der Waals surface area contributed by atoms with Gasteiger partial charge in [0.2, 0.25) is 10.0 Å². The van der Waals surface area contributed by atoms with Crippen molar-refractivity contribution < 1.29 is 13.3 Å². The lowest BCUT2D eigenvalue weighted by molar-refractivity contribution is -0.384. The maximum Gasteiger partial charge on any atom is 0.269 e. The predicted molar refractivity (Wildman–Crippen MR) is 84.9 cm³/mol. The standard InChI is InChI=1S/C13H15ClN4O4S/c1-10-13(14)9-15-17(10)8-2-7-16-23(21,22)12-5-3-11(4-6-12)18(19)20/h3-6,9,16H,2,7-8H2,1H3. The van der Waals surface area contributed by atoms with E-state index in [1.165, 1.54) is 18.3 Å². The molecule has 0 saturated carbocycles.